The largest absolute Gasteiger partial charge is 0.503 e. The maximum atomic E-state index is 13.2. The van der Waals surface area contributed by atoms with E-state index < -0.39 is 23.5 Å². The molecule has 0 radical (unpaired) electrons. The van der Waals surface area contributed by atoms with Gasteiger partial charge >= 0.3 is 0 Å². The highest BCUT2D eigenvalue weighted by molar-refractivity contribution is 6.14. The minimum Gasteiger partial charge on any atom is -0.503 e. The Morgan fingerprint density at radius 3 is 2.43 bits per heavy atom. The zero-order valence-corrected chi connectivity index (χ0v) is 20.6. The molecule has 35 heavy (non-hydrogen) atoms. The zero-order chi connectivity index (χ0) is 25.0. The molecule has 0 fully saturated rings. The predicted molar refractivity (Wildman–Crippen MR) is 137 cm³/mol. The van der Waals surface area contributed by atoms with Crippen LogP contribution in [0, 0.1) is 0 Å². The third-order valence-corrected chi connectivity index (χ3v) is 6.01. The quantitative estimate of drug-likeness (QED) is 0.281. The summed E-state index contributed by atoms with van der Waals surface area (Å²) >= 11 is 0. The van der Waals surface area contributed by atoms with Crippen LogP contribution in [-0.4, -0.2) is 48.6 Å². The number of unbranched alkanes of at least 4 members (excludes halogenated alkanes) is 3. The third kappa shape index (κ3) is 7.06. The van der Waals surface area contributed by atoms with Crippen molar-refractivity contribution in [3.05, 3.63) is 83.1 Å². The van der Waals surface area contributed by atoms with Crippen LogP contribution in [0.25, 0.3) is 6.08 Å². The van der Waals surface area contributed by atoms with Crippen molar-refractivity contribution in [2.75, 3.05) is 26.9 Å². The molecule has 1 N–H and O–H groups in total. The molecule has 0 aliphatic carbocycles. The summed E-state index contributed by atoms with van der Waals surface area (Å²) in [6.07, 6.45) is 8.21. The zero-order valence-electron chi connectivity index (χ0n) is 20.6. The van der Waals surface area contributed by atoms with Gasteiger partial charge in [-0.05, 0) is 42.2 Å². The molecule has 1 aliphatic heterocycles. The number of rotatable bonds is 14. The van der Waals surface area contributed by atoms with Gasteiger partial charge in [0.2, 0.25) is 0 Å². The second kappa shape index (κ2) is 13.5. The highest BCUT2D eigenvalue weighted by atomic mass is 16.5. The average Bonchev–Trinajstić information content (AvgIpc) is 3.13. The molecule has 2 aromatic rings. The van der Waals surface area contributed by atoms with E-state index in [1.165, 1.54) is 18.9 Å². The maximum absolute atomic E-state index is 13.2. The van der Waals surface area contributed by atoms with Gasteiger partial charge in [-0.2, -0.15) is 0 Å². The molecule has 1 atom stereocenters. The summed E-state index contributed by atoms with van der Waals surface area (Å²) in [5, 5.41) is 10.7. The van der Waals surface area contributed by atoms with Crippen LogP contribution in [0.5, 0.6) is 5.75 Å². The van der Waals surface area contributed by atoms with Gasteiger partial charge in [0, 0.05) is 20.3 Å². The monoisotopic (exact) mass is 477 g/mol. The number of hydrogen-bond acceptors (Lipinski definition) is 5. The number of aliphatic hydroxyl groups excluding tert-OH is 1. The normalized spacial score (nSPS) is 15.9. The van der Waals surface area contributed by atoms with Crippen LogP contribution in [0.1, 0.15) is 56.2 Å². The summed E-state index contributed by atoms with van der Waals surface area (Å²) in [5.41, 5.74) is 1.70. The van der Waals surface area contributed by atoms with Gasteiger partial charge < -0.3 is 19.5 Å². The Morgan fingerprint density at radius 1 is 1.00 bits per heavy atom. The fourth-order valence-corrected chi connectivity index (χ4v) is 4.15. The Hall–Kier alpha value is -3.38. The number of amides is 1. The number of benzene rings is 2. The molecule has 0 spiro atoms. The minimum atomic E-state index is -0.675. The van der Waals surface area contributed by atoms with Crippen molar-refractivity contribution >= 4 is 17.8 Å². The predicted octanol–water partition coefficient (Wildman–Crippen LogP) is 5.66. The van der Waals surface area contributed by atoms with Crippen molar-refractivity contribution in [1.29, 1.82) is 0 Å². The molecule has 6 heteroatoms. The lowest BCUT2D eigenvalue weighted by atomic mass is 9.95. The SMILES string of the molecule is CCCCCCOc1ccc(C2C(C(=O)/C=C/c3ccccc3)=C(O)C(=O)N2CCCOC)cc1. The van der Waals surface area contributed by atoms with E-state index in [4.69, 9.17) is 9.47 Å². The van der Waals surface area contributed by atoms with Crippen LogP contribution in [-0.2, 0) is 14.3 Å². The second-order valence-electron chi connectivity index (χ2n) is 8.60. The molecule has 0 saturated heterocycles. The summed E-state index contributed by atoms with van der Waals surface area (Å²) < 4.78 is 11.0. The lowest BCUT2D eigenvalue weighted by Crippen LogP contribution is -2.32. The third-order valence-electron chi connectivity index (χ3n) is 6.01. The summed E-state index contributed by atoms with van der Waals surface area (Å²) in [6, 6.07) is 16.2. The van der Waals surface area contributed by atoms with Crippen LogP contribution in [0.4, 0.5) is 0 Å². The molecular formula is C29H35NO5. The molecule has 0 bridgehead atoms. The first-order valence-electron chi connectivity index (χ1n) is 12.3. The molecule has 1 unspecified atom stereocenters. The van der Waals surface area contributed by atoms with Gasteiger partial charge in [0.25, 0.3) is 5.91 Å². The van der Waals surface area contributed by atoms with Gasteiger partial charge in [0.1, 0.15) is 5.75 Å². The summed E-state index contributed by atoms with van der Waals surface area (Å²) in [4.78, 5) is 27.7. The van der Waals surface area contributed by atoms with Crippen LogP contribution in [0.2, 0.25) is 0 Å². The van der Waals surface area contributed by atoms with Crippen molar-refractivity contribution in [3.8, 4) is 5.75 Å². The molecule has 1 aliphatic rings. The van der Waals surface area contributed by atoms with Gasteiger partial charge in [0.05, 0.1) is 18.2 Å². The molecule has 186 valence electrons. The molecule has 3 rings (SSSR count). The van der Waals surface area contributed by atoms with E-state index in [2.05, 4.69) is 6.92 Å². The van der Waals surface area contributed by atoms with Crippen LogP contribution in [0.15, 0.2) is 72.0 Å². The minimum absolute atomic E-state index is 0.0906. The van der Waals surface area contributed by atoms with E-state index >= 15 is 0 Å². The number of carbonyl (C=O) groups excluding carboxylic acids is 2. The van der Waals surface area contributed by atoms with E-state index in [1.54, 1.807) is 18.1 Å². The van der Waals surface area contributed by atoms with Crippen LogP contribution < -0.4 is 4.74 Å². The van der Waals surface area contributed by atoms with Crippen molar-refractivity contribution in [3.63, 3.8) is 0 Å². The van der Waals surface area contributed by atoms with Crippen molar-refractivity contribution < 1.29 is 24.2 Å². The van der Waals surface area contributed by atoms with Crippen LogP contribution in [0.3, 0.4) is 0 Å². The maximum Gasteiger partial charge on any atom is 0.290 e. The lowest BCUT2D eigenvalue weighted by molar-refractivity contribution is -0.129. The number of methoxy groups -OCH3 is 1. The van der Waals surface area contributed by atoms with Gasteiger partial charge in [-0.15, -0.1) is 0 Å². The molecule has 2 aromatic carbocycles. The first-order chi connectivity index (χ1) is 17.1. The second-order valence-corrected chi connectivity index (χ2v) is 8.60. The molecule has 0 aromatic heterocycles. The number of ether oxygens (including phenoxy) is 2. The highest BCUT2D eigenvalue weighted by Gasteiger charge is 2.42. The number of nitrogens with zero attached hydrogens (tertiary/aromatic N) is 1. The van der Waals surface area contributed by atoms with Gasteiger partial charge in [0.15, 0.2) is 11.5 Å². The van der Waals surface area contributed by atoms with Crippen LogP contribution >= 0.6 is 0 Å². The van der Waals surface area contributed by atoms with Crippen molar-refractivity contribution in [1.82, 2.24) is 4.90 Å². The van der Waals surface area contributed by atoms with Gasteiger partial charge in [-0.1, -0.05) is 74.7 Å². The smallest absolute Gasteiger partial charge is 0.290 e. The first-order valence-corrected chi connectivity index (χ1v) is 12.3. The number of ketones is 1. The number of aliphatic hydroxyl groups is 1. The summed E-state index contributed by atoms with van der Waals surface area (Å²) in [5.74, 6) is -0.689. The van der Waals surface area contributed by atoms with E-state index in [9.17, 15) is 14.7 Å². The fraction of sp³-hybridized carbons (Fsp3) is 0.379. The van der Waals surface area contributed by atoms with Gasteiger partial charge in [-0.3, -0.25) is 9.59 Å². The standard InChI is InChI=1S/C29H35NO5/c1-3-4-5-9-21-35-24-16-14-23(15-17-24)27-26(25(31)18-13-22-11-7-6-8-12-22)28(32)29(33)30(27)19-10-20-34-2/h6-8,11-18,27,32H,3-5,9-10,19-21H2,1-2H3/b18-13+. The average molecular weight is 478 g/mol. The molecule has 1 heterocycles. The first kappa shape index (κ1) is 26.2. The van der Waals surface area contributed by atoms with E-state index in [0.717, 1.165) is 29.7 Å². The van der Waals surface area contributed by atoms with E-state index in [0.29, 0.717) is 26.2 Å². The Labute approximate surface area is 207 Å². The number of carbonyl (C=O) groups is 2. The fourth-order valence-electron chi connectivity index (χ4n) is 4.15. The molecular weight excluding hydrogens is 442 g/mol. The summed E-state index contributed by atoms with van der Waals surface area (Å²) in [7, 11) is 1.60. The van der Waals surface area contributed by atoms with Crippen molar-refractivity contribution in [2.24, 2.45) is 0 Å². The van der Waals surface area contributed by atoms with Gasteiger partial charge in [-0.25, -0.2) is 0 Å². The number of allylic oxidation sites excluding steroid dienone is 1. The Kier molecular flexibility index (Phi) is 10.1. The topological polar surface area (TPSA) is 76.1 Å². The Bertz CT molecular complexity index is 1030. The Morgan fingerprint density at radius 2 is 1.74 bits per heavy atom. The lowest BCUT2D eigenvalue weighted by Gasteiger charge is -2.26. The van der Waals surface area contributed by atoms with E-state index in [-0.39, 0.29) is 5.57 Å². The number of hydrogen-bond donors (Lipinski definition) is 1. The highest BCUT2D eigenvalue weighted by Crippen LogP contribution is 2.38. The molecule has 6 nitrogen and oxygen atoms in total. The van der Waals surface area contributed by atoms with E-state index in [1.807, 2.05) is 54.6 Å². The molecule has 1 amide bonds. The summed E-state index contributed by atoms with van der Waals surface area (Å²) in [6.45, 7) is 3.66. The molecule has 0 saturated carbocycles. The van der Waals surface area contributed by atoms with Crippen molar-refractivity contribution in [2.45, 2.75) is 45.1 Å². The Balaban J connectivity index is 1.82.